The number of hydrogen-bond donors (Lipinski definition) is 2. The van der Waals surface area contributed by atoms with E-state index in [-0.39, 0.29) is 12.0 Å². The number of amides is 2. The maximum atomic E-state index is 12.5. The number of hydrogen-bond acceptors (Lipinski definition) is 3. The molecule has 2 N–H and O–H groups in total. The van der Waals surface area contributed by atoms with E-state index in [4.69, 9.17) is 0 Å². The van der Waals surface area contributed by atoms with Crippen molar-refractivity contribution in [3.8, 4) is 22.5 Å². The first-order valence-electron chi connectivity index (χ1n) is 9.73. The van der Waals surface area contributed by atoms with Crippen LogP contribution in [0.15, 0.2) is 84.9 Å². The van der Waals surface area contributed by atoms with Gasteiger partial charge in [-0.25, -0.2) is 14.8 Å². The van der Waals surface area contributed by atoms with Gasteiger partial charge in [0.05, 0.1) is 11.4 Å². The van der Waals surface area contributed by atoms with Gasteiger partial charge in [-0.15, -0.1) is 0 Å². The van der Waals surface area contributed by atoms with Crippen molar-refractivity contribution in [1.82, 2.24) is 9.97 Å². The van der Waals surface area contributed by atoms with Crippen molar-refractivity contribution in [2.75, 3.05) is 10.6 Å². The van der Waals surface area contributed by atoms with Gasteiger partial charge in [0.25, 0.3) is 0 Å². The lowest BCUT2D eigenvalue weighted by Crippen LogP contribution is -2.21. The first kappa shape index (κ1) is 19.3. The van der Waals surface area contributed by atoms with E-state index < -0.39 is 0 Å². The Morgan fingerprint density at radius 3 is 1.80 bits per heavy atom. The van der Waals surface area contributed by atoms with Gasteiger partial charge >= 0.3 is 6.03 Å². The average Bonchev–Trinajstić information content (AvgIpc) is 2.76. The second-order valence-corrected chi connectivity index (χ2v) is 7.14. The zero-order valence-corrected chi connectivity index (χ0v) is 16.9. The third-order valence-electron chi connectivity index (χ3n) is 4.68. The molecule has 0 aliphatic heterocycles. The fraction of sp³-hybridized carbons (Fsp3) is 0.0800. The highest BCUT2D eigenvalue weighted by atomic mass is 16.2. The molecule has 4 aromatic rings. The van der Waals surface area contributed by atoms with Crippen LogP contribution in [0.1, 0.15) is 11.1 Å². The van der Waals surface area contributed by atoms with Gasteiger partial charge in [-0.2, -0.15) is 0 Å². The van der Waals surface area contributed by atoms with Crippen LogP contribution < -0.4 is 10.6 Å². The molecular weight excluding hydrogens is 372 g/mol. The van der Waals surface area contributed by atoms with Crippen LogP contribution in [0.5, 0.6) is 0 Å². The van der Waals surface area contributed by atoms with Gasteiger partial charge < -0.3 is 5.32 Å². The standard InChI is InChI=1S/C25H22N4O/c1-17-8-12-20(13-9-17)23-16-22(19-6-4-3-5-7-19)27-24(28-23)29-25(30)26-21-14-10-18(2)11-15-21/h3-16H,1-2H3,(H2,26,27,28,29,30). The van der Waals surface area contributed by atoms with Gasteiger partial charge in [0, 0.05) is 16.8 Å². The summed E-state index contributed by atoms with van der Waals surface area (Å²) in [4.78, 5) is 21.6. The zero-order chi connectivity index (χ0) is 20.9. The average molecular weight is 394 g/mol. The third kappa shape index (κ3) is 4.70. The molecular formula is C25H22N4O. The summed E-state index contributed by atoms with van der Waals surface area (Å²) >= 11 is 0. The Bertz CT molecular complexity index is 1150. The first-order valence-corrected chi connectivity index (χ1v) is 9.73. The van der Waals surface area contributed by atoms with Crippen LogP contribution in [0.4, 0.5) is 16.4 Å². The Morgan fingerprint density at radius 1 is 0.667 bits per heavy atom. The molecule has 0 atom stereocenters. The summed E-state index contributed by atoms with van der Waals surface area (Å²) in [7, 11) is 0. The predicted molar refractivity (Wildman–Crippen MR) is 121 cm³/mol. The Morgan fingerprint density at radius 2 is 1.20 bits per heavy atom. The normalized spacial score (nSPS) is 10.5. The van der Waals surface area contributed by atoms with Crippen LogP contribution in [0.25, 0.3) is 22.5 Å². The molecule has 1 heterocycles. The fourth-order valence-electron chi connectivity index (χ4n) is 3.03. The van der Waals surface area contributed by atoms with E-state index in [9.17, 15) is 4.79 Å². The molecule has 5 heteroatoms. The maximum absolute atomic E-state index is 12.5. The highest BCUT2D eigenvalue weighted by Crippen LogP contribution is 2.25. The van der Waals surface area contributed by atoms with Crippen molar-refractivity contribution in [3.63, 3.8) is 0 Å². The number of urea groups is 1. The second-order valence-electron chi connectivity index (χ2n) is 7.14. The Balaban J connectivity index is 1.65. The molecule has 0 fully saturated rings. The molecule has 0 saturated heterocycles. The molecule has 3 aromatic carbocycles. The SMILES string of the molecule is Cc1ccc(NC(=O)Nc2nc(-c3ccccc3)cc(-c3ccc(C)cc3)n2)cc1. The minimum absolute atomic E-state index is 0.247. The molecule has 0 radical (unpaired) electrons. The van der Waals surface area contributed by atoms with Crippen LogP contribution in [-0.2, 0) is 0 Å². The molecule has 0 saturated carbocycles. The summed E-state index contributed by atoms with van der Waals surface area (Å²) in [5.41, 5.74) is 6.41. The van der Waals surface area contributed by atoms with Crippen molar-refractivity contribution in [2.45, 2.75) is 13.8 Å². The summed E-state index contributed by atoms with van der Waals surface area (Å²) in [5.74, 6) is 0.247. The van der Waals surface area contributed by atoms with E-state index in [2.05, 4.69) is 20.6 Å². The highest BCUT2D eigenvalue weighted by molar-refractivity contribution is 5.98. The lowest BCUT2D eigenvalue weighted by Gasteiger charge is -2.11. The summed E-state index contributed by atoms with van der Waals surface area (Å²) in [6, 6.07) is 27.1. The van der Waals surface area contributed by atoms with Crippen LogP contribution in [-0.4, -0.2) is 16.0 Å². The van der Waals surface area contributed by atoms with Crippen molar-refractivity contribution in [2.24, 2.45) is 0 Å². The molecule has 0 spiro atoms. The van der Waals surface area contributed by atoms with Crippen molar-refractivity contribution < 1.29 is 4.79 Å². The molecule has 0 aliphatic rings. The summed E-state index contributed by atoms with van der Waals surface area (Å²) in [6.45, 7) is 4.04. The quantitative estimate of drug-likeness (QED) is 0.441. The first-order chi connectivity index (χ1) is 14.6. The van der Waals surface area contributed by atoms with E-state index in [1.165, 1.54) is 5.56 Å². The number of aryl methyl sites for hydroxylation is 2. The lowest BCUT2D eigenvalue weighted by molar-refractivity contribution is 0.262. The van der Waals surface area contributed by atoms with E-state index in [0.29, 0.717) is 5.69 Å². The van der Waals surface area contributed by atoms with E-state index in [1.807, 2.05) is 98.8 Å². The van der Waals surface area contributed by atoms with Gasteiger partial charge in [-0.1, -0.05) is 77.9 Å². The smallest absolute Gasteiger partial charge is 0.308 e. The number of anilines is 2. The largest absolute Gasteiger partial charge is 0.326 e. The summed E-state index contributed by atoms with van der Waals surface area (Å²) in [6.07, 6.45) is 0. The number of nitrogens with zero attached hydrogens (tertiary/aromatic N) is 2. The maximum Gasteiger partial charge on any atom is 0.326 e. The number of aromatic nitrogens is 2. The van der Waals surface area contributed by atoms with Crippen LogP contribution in [0.3, 0.4) is 0 Å². The van der Waals surface area contributed by atoms with Gasteiger partial charge in [0.15, 0.2) is 0 Å². The molecule has 0 bridgehead atoms. The highest BCUT2D eigenvalue weighted by Gasteiger charge is 2.11. The van der Waals surface area contributed by atoms with Gasteiger partial charge in [0.1, 0.15) is 0 Å². The Labute approximate surface area is 175 Å². The number of carbonyl (C=O) groups is 1. The summed E-state index contributed by atoms with van der Waals surface area (Å²) in [5, 5.41) is 5.58. The molecule has 0 aliphatic carbocycles. The molecule has 5 nitrogen and oxygen atoms in total. The molecule has 1 aromatic heterocycles. The number of carbonyl (C=O) groups excluding carboxylic acids is 1. The van der Waals surface area contributed by atoms with Crippen molar-refractivity contribution in [3.05, 3.63) is 96.1 Å². The molecule has 2 amide bonds. The lowest BCUT2D eigenvalue weighted by atomic mass is 10.1. The van der Waals surface area contributed by atoms with Crippen molar-refractivity contribution in [1.29, 1.82) is 0 Å². The van der Waals surface area contributed by atoms with E-state index >= 15 is 0 Å². The van der Waals surface area contributed by atoms with Crippen LogP contribution >= 0.6 is 0 Å². The Hall–Kier alpha value is -3.99. The fourth-order valence-corrected chi connectivity index (χ4v) is 3.03. The van der Waals surface area contributed by atoms with Crippen LogP contribution in [0.2, 0.25) is 0 Å². The summed E-state index contributed by atoms with van der Waals surface area (Å²) < 4.78 is 0. The Kier molecular flexibility index (Phi) is 5.52. The minimum atomic E-state index is -0.390. The van der Waals surface area contributed by atoms with Gasteiger partial charge in [-0.3, -0.25) is 5.32 Å². The predicted octanol–water partition coefficient (Wildman–Crippen LogP) is 6.07. The molecule has 4 rings (SSSR count). The number of rotatable bonds is 4. The minimum Gasteiger partial charge on any atom is -0.308 e. The van der Waals surface area contributed by atoms with Crippen LogP contribution in [0, 0.1) is 13.8 Å². The van der Waals surface area contributed by atoms with E-state index in [1.54, 1.807) is 0 Å². The topological polar surface area (TPSA) is 66.9 Å². The molecule has 30 heavy (non-hydrogen) atoms. The van der Waals surface area contributed by atoms with Gasteiger partial charge in [0.2, 0.25) is 5.95 Å². The second kappa shape index (κ2) is 8.57. The zero-order valence-electron chi connectivity index (χ0n) is 16.9. The van der Waals surface area contributed by atoms with Gasteiger partial charge in [-0.05, 0) is 32.0 Å². The monoisotopic (exact) mass is 394 g/mol. The van der Waals surface area contributed by atoms with E-state index in [0.717, 1.165) is 28.1 Å². The molecule has 0 unspecified atom stereocenters. The third-order valence-corrected chi connectivity index (χ3v) is 4.68. The van der Waals surface area contributed by atoms with Crippen molar-refractivity contribution >= 4 is 17.7 Å². The number of nitrogens with one attached hydrogen (secondary N) is 2. The number of benzene rings is 3. The molecule has 148 valence electrons.